The second-order valence-electron chi connectivity index (χ2n) is 7.90. The second-order valence-corrected chi connectivity index (χ2v) is 8.34. The number of aromatic nitrogens is 1. The maximum absolute atomic E-state index is 13.2. The largest absolute Gasteiger partial charge is 0.436 e. The lowest BCUT2D eigenvalue weighted by atomic mass is 9.78. The van der Waals surface area contributed by atoms with Crippen LogP contribution in [0.15, 0.2) is 36.5 Å². The number of hydrogen-bond acceptors (Lipinski definition) is 4. The zero-order chi connectivity index (χ0) is 20.5. The van der Waals surface area contributed by atoms with Crippen molar-refractivity contribution >= 4 is 29.1 Å². The predicted octanol–water partition coefficient (Wildman–Crippen LogP) is 4.43. The van der Waals surface area contributed by atoms with E-state index < -0.39 is 0 Å². The van der Waals surface area contributed by atoms with Gasteiger partial charge in [-0.05, 0) is 48.6 Å². The summed E-state index contributed by atoms with van der Waals surface area (Å²) < 4.78 is 5.86. The van der Waals surface area contributed by atoms with Crippen LogP contribution in [0.25, 0.3) is 0 Å². The summed E-state index contributed by atoms with van der Waals surface area (Å²) in [7, 11) is 0. The Labute approximate surface area is 175 Å². The molecule has 0 unspecified atom stereocenters. The van der Waals surface area contributed by atoms with Gasteiger partial charge in [-0.25, -0.2) is 4.98 Å². The molecule has 1 aliphatic heterocycles. The van der Waals surface area contributed by atoms with Crippen LogP contribution in [0.5, 0.6) is 11.6 Å². The van der Waals surface area contributed by atoms with Crippen molar-refractivity contribution in [3.8, 4) is 11.6 Å². The Morgan fingerprint density at radius 2 is 2.14 bits per heavy atom. The van der Waals surface area contributed by atoms with Gasteiger partial charge in [-0.2, -0.15) is 0 Å². The molecule has 1 aliphatic carbocycles. The fraction of sp³-hybridized carbons (Fsp3) is 0.409. The second kappa shape index (κ2) is 8.03. The van der Waals surface area contributed by atoms with Crippen molar-refractivity contribution in [3.05, 3.63) is 47.1 Å². The van der Waals surface area contributed by atoms with Crippen LogP contribution in [-0.4, -0.2) is 29.4 Å². The van der Waals surface area contributed by atoms with Crippen molar-refractivity contribution in [1.29, 1.82) is 0 Å². The van der Waals surface area contributed by atoms with Gasteiger partial charge in [-0.15, -0.1) is 0 Å². The van der Waals surface area contributed by atoms with Crippen LogP contribution in [0, 0.1) is 11.8 Å². The van der Waals surface area contributed by atoms with Crippen LogP contribution in [0.1, 0.15) is 43.5 Å². The molecule has 3 atom stereocenters. The first kappa shape index (κ1) is 19.7. The van der Waals surface area contributed by atoms with E-state index in [4.69, 9.17) is 16.3 Å². The summed E-state index contributed by atoms with van der Waals surface area (Å²) in [6, 6.07) is 8.45. The van der Waals surface area contributed by atoms with Gasteiger partial charge in [0.1, 0.15) is 12.1 Å². The van der Waals surface area contributed by atoms with Gasteiger partial charge in [0.15, 0.2) is 5.75 Å². The summed E-state index contributed by atoms with van der Waals surface area (Å²) >= 11 is 6.17. The van der Waals surface area contributed by atoms with E-state index in [-0.39, 0.29) is 30.3 Å². The van der Waals surface area contributed by atoms with Gasteiger partial charge in [0.05, 0.1) is 5.69 Å². The number of ether oxygens (including phenoxy) is 1. The molecule has 1 aromatic heterocycles. The van der Waals surface area contributed by atoms with Gasteiger partial charge < -0.3 is 10.1 Å². The Bertz CT molecular complexity index is 949. The Morgan fingerprint density at radius 1 is 1.31 bits per heavy atom. The van der Waals surface area contributed by atoms with Gasteiger partial charge >= 0.3 is 0 Å². The van der Waals surface area contributed by atoms with E-state index in [0.29, 0.717) is 33.9 Å². The molecule has 2 aromatic rings. The highest BCUT2D eigenvalue weighted by Crippen LogP contribution is 2.39. The first-order valence-electron chi connectivity index (χ1n) is 9.97. The summed E-state index contributed by atoms with van der Waals surface area (Å²) in [5.74, 6) is 1.10. The zero-order valence-electron chi connectivity index (χ0n) is 16.5. The highest BCUT2D eigenvalue weighted by atomic mass is 35.5. The molecule has 2 amide bonds. The first-order chi connectivity index (χ1) is 13.9. The molecular formula is C22H24ClN3O3. The summed E-state index contributed by atoms with van der Waals surface area (Å²) in [4.78, 5) is 31.7. The lowest BCUT2D eigenvalue weighted by Gasteiger charge is -2.35. The monoisotopic (exact) mass is 413 g/mol. The van der Waals surface area contributed by atoms with Crippen molar-refractivity contribution in [2.75, 3.05) is 11.4 Å². The van der Waals surface area contributed by atoms with E-state index in [9.17, 15) is 9.59 Å². The van der Waals surface area contributed by atoms with E-state index in [0.717, 1.165) is 12.8 Å². The van der Waals surface area contributed by atoms with Crippen LogP contribution in [0.3, 0.4) is 0 Å². The highest BCUT2D eigenvalue weighted by Gasteiger charge is 2.32. The Kier molecular flexibility index (Phi) is 5.46. The van der Waals surface area contributed by atoms with E-state index >= 15 is 0 Å². The minimum atomic E-state index is -0.339. The lowest BCUT2D eigenvalue weighted by Crippen LogP contribution is -2.48. The van der Waals surface area contributed by atoms with Crippen molar-refractivity contribution < 1.29 is 14.3 Å². The number of carbonyl (C=O) groups is 2. The smallest absolute Gasteiger partial charge is 0.264 e. The molecule has 2 heterocycles. The van der Waals surface area contributed by atoms with Crippen LogP contribution in [0.2, 0.25) is 5.02 Å². The number of amides is 2. The molecule has 6 nitrogen and oxygen atoms in total. The van der Waals surface area contributed by atoms with Crippen molar-refractivity contribution in [2.24, 2.45) is 11.8 Å². The van der Waals surface area contributed by atoms with E-state index in [2.05, 4.69) is 24.1 Å². The Balaban J connectivity index is 1.62. The number of halogens is 1. The molecule has 1 N–H and O–H groups in total. The van der Waals surface area contributed by atoms with Gasteiger partial charge in [0.25, 0.3) is 5.91 Å². The maximum atomic E-state index is 13.2. The molecule has 2 aliphatic rings. The average Bonchev–Trinajstić information content (AvgIpc) is 2.81. The third-order valence-corrected chi connectivity index (χ3v) is 6.26. The van der Waals surface area contributed by atoms with Crippen LogP contribution >= 0.6 is 11.6 Å². The van der Waals surface area contributed by atoms with Crippen LogP contribution < -0.4 is 15.0 Å². The fourth-order valence-electron chi connectivity index (χ4n) is 4.12. The third kappa shape index (κ3) is 3.94. The predicted molar refractivity (Wildman–Crippen MR) is 112 cm³/mol. The molecule has 0 spiro atoms. The van der Waals surface area contributed by atoms with E-state index in [1.165, 1.54) is 11.3 Å². The molecule has 1 saturated carbocycles. The number of anilines is 1. The van der Waals surface area contributed by atoms with Crippen LogP contribution in [0.4, 0.5) is 5.69 Å². The van der Waals surface area contributed by atoms with Crippen LogP contribution in [-0.2, 0) is 4.79 Å². The summed E-state index contributed by atoms with van der Waals surface area (Å²) in [6.07, 6.45) is 4.81. The minimum Gasteiger partial charge on any atom is -0.436 e. The number of hydrogen-bond donors (Lipinski definition) is 1. The molecule has 0 bridgehead atoms. The number of nitrogens with one attached hydrogen (secondary N) is 1. The van der Waals surface area contributed by atoms with Crippen molar-refractivity contribution in [1.82, 2.24) is 10.3 Å². The topological polar surface area (TPSA) is 71.5 Å². The molecule has 7 heteroatoms. The summed E-state index contributed by atoms with van der Waals surface area (Å²) in [5.41, 5.74) is 0.771. The number of fused-ring (bicyclic) bond motifs is 2. The number of benzene rings is 1. The molecule has 4 rings (SSSR count). The minimum absolute atomic E-state index is 0.110. The molecule has 1 aromatic carbocycles. The summed E-state index contributed by atoms with van der Waals surface area (Å²) in [6.45, 7) is 4.29. The van der Waals surface area contributed by atoms with E-state index in [1.807, 2.05) is 0 Å². The fourth-order valence-corrected chi connectivity index (χ4v) is 4.29. The molecule has 0 radical (unpaired) electrons. The quantitative estimate of drug-likeness (QED) is 0.808. The molecular weight excluding hydrogens is 390 g/mol. The molecule has 152 valence electrons. The first-order valence-corrected chi connectivity index (χ1v) is 10.4. The van der Waals surface area contributed by atoms with Gasteiger partial charge in [0.2, 0.25) is 11.8 Å². The van der Waals surface area contributed by atoms with E-state index in [1.54, 1.807) is 36.5 Å². The maximum Gasteiger partial charge on any atom is 0.264 e. The number of nitrogens with zero attached hydrogens (tertiary/aromatic N) is 2. The van der Waals surface area contributed by atoms with Gasteiger partial charge in [0, 0.05) is 17.3 Å². The number of rotatable bonds is 3. The standard InChI is InChI=1S/C22H24ClN3O3/c1-13-5-3-7-17(14(13)2)25-20(27)12-26-18-11-15(23)8-9-19(18)29-21-16(22(26)28)6-4-10-24-21/h4,6,8-11,13-14,17H,3,5,7,12H2,1-2H3,(H,25,27)/t13-,14+,17-/m1/s1. The van der Waals surface area contributed by atoms with Gasteiger partial charge in [-0.1, -0.05) is 38.3 Å². The van der Waals surface area contributed by atoms with Crippen molar-refractivity contribution in [3.63, 3.8) is 0 Å². The lowest BCUT2D eigenvalue weighted by molar-refractivity contribution is -0.121. The zero-order valence-corrected chi connectivity index (χ0v) is 17.3. The molecule has 29 heavy (non-hydrogen) atoms. The SMILES string of the molecule is C[C@H]1[C@H](C)CCC[C@H]1NC(=O)CN1C(=O)c2cccnc2Oc2ccc(Cl)cc21. The van der Waals surface area contributed by atoms with Gasteiger partial charge in [-0.3, -0.25) is 14.5 Å². The Hall–Kier alpha value is -2.60. The Morgan fingerprint density at radius 3 is 2.97 bits per heavy atom. The van der Waals surface area contributed by atoms with Crippen molar-refractivity contribution in [2.45, 2.75) is 39.2 Å². The molecule has 1 fully saturated rings. The third-order valence-electron chi connectivity index (χ3n) is 6.02. The molecule has 0 saturated heterocycles. The summed E-state index contributed by atoms with van der Waals surface area (Å²) in [5, 5.41) is 3.59. The number of pyridine rings is 1. The average molecular weight is 414 g/mol. The normalized spacial score (nSPS) is 23.5. The highest BCUT2D eigenvalue weighted by molar-refractivity contribution is 6.31. The number of carbonyl (C=O) groups excluding carboxylic acids is 2.